The van der Waals surface area contributed by atoms with Crippen molar-refractivity contribution < 1.29 is 4.79 Å². The Morgan fingerprint density at radius 2 is 2.39 bits per heavy atom. The van der Waals surface area contributed by atoms with Crippen LogP contribution in [-0.2, 0) is 4.79 Å². The lowest BCUT2D eigenvalue weighted by Crippen LogP contribution is -2.55. The smallest absolute Gasteiger partial charge is 0.242 e. The van der Waals surface area contributed by atoms with Crippen LogP contribution in [0.3, 0.4) is 0 Å². The van der Waals surface area contributed by atoms with E-state index in [0.29, 0.717) is 17.8 Å². The number of hydrogen-bond acceptors (Lipinski definition) is 4. The van der Waals surface area contributed by atoms with Gasteiger partial charge in [-0.2, -0.15) is 5.26 Å². The monoisotopic (exact) mass is 244 g/mol. The van der Waals surface area contributed by atoms with Gasteiger partial charge < -0.3 is 16.0 Å². The molecule has 1 aromatic rings. The summed E-state index contributed by atoms with van der Waals surface area (Å²) in [6.07, 6.45) is 0.734. The Morgan fingerprint density at radius 1 is 1.61 bits per heavy atom. The normalized spacial score (nSPS) is 19.2. The number of amides is 1. The van der Waals surface area contributed by atoms with E-state index in [1.807, 2.05) is 17.9 Å². The third-order valence-electron chi connectivity index (χ3n) is 3.21. The zero-order valence-electron chi connectivity index (χ0n) is 10.3. The van der Waals surface area contributed by atoms with Gasteiger partial charge in [0.1, 0.15) is 12.1 Å². The lowest BCUT2D eigenvalue weighted by molar-refractivity contribution is -0.123. The summed E-state index contributed by atoms with van der Waals surface area (Å²) in [6.45, 7) is 3.35. The molecule has 3 N–H and O–H groups in total. The van der Waals surface area contributed by atoms with Gasteiger partial charge in [-0.15, -0.1) is 0 Å². The highest BCUT2D eigenvalue weighted by Gasteiger charge is 2.28. The highest BCUT2D eigenvalue weighted by atomic mass is 16.2. The van der Waals surface area contributed by atoms with Crippen molar-refractivity contribution in [1.29, 1.82) is 5.26 Å². The summed E-state index contributed by atoms with van der Waals surface area (Å²) in [7, 11) is 0. The summed E-state index contributed by atoms with van der Waals surface area (Å²) in [4.78, 5) is 13.8. The van der Waals surface area contributed by atoms with Gasteiger partial charge in [-0.05, 0) is 24.6 Å². The second-order valence-corrected chi connectivity index (χ2v) is 4.29. The van der Waals surface area contributed by atoms with Crippen LogP contribution in [0, 0.1) is 11.3 Å². The Kier molecular flexibility index (Phi) is 3.38. The Labute approximate surface area is 106 Å². The second-order valence-electron chi connectivity index (χ2n) is 4.29. The molecule has 94 valence electrons. The van der Waals surface area contributed by atoms with Crippen LogP contribution < -0.4 is 16.0 Å². The van der Waals surface area contributed by atoms with Crippen molar-refractivity contribution in [2.45, 2.75) is 19.4 Å². The minimum absolute atomic E-state index is 0.0408. The number of nitrogens with zero attached hydrogens (tertiary/aromatic N) is 2. The maximum absolute atomic E-state index is 11.8. The SMILES string of the molecule is CCC1C(=O)NCCN1c1ccc(N)c(C#N)c1. The molecule has 1 heterocycles. The topological polar surface area (TPSA) is 82.2 Å². The number of carbonyl (C=O) groups excluding carboxylic acids is 1. The maximum atomic E-state index is 11.8. The summed E-state index contributed by atoms with van der Waals surface area (Å²) in [5, 5.41) is 11.8. The van der Waals surface area contributed by atoms with Gasteiger partial charge in [-0.25, -0.2) is 0 Å². The van der Waals surface area contributed by atoms with Crippen LogP contribution in [0.4, 0.5) is 11.4 Å². The molecule has 0 saturated carbocycles. The van der Waals surface area contributed by atoms with Crippen molar-refractivity contribution in [3.63, 3.8) is 0 Å². The van der Waals surface area contributed by atoms with Crippen LogP contribution in [-0.4, -0.2) is 25.0 Å². The van der Waals surface area contributed by atoms with Crippen LogP contribution >= 0.6 is 0 Å². The number of nitrogen functional groups attached to an aromatic ring is 1. The summed E-state index contributed by atoms with van der Waals surface area (Å²) >= 11 is 0. The molecule has 0 radical (unpaired) electrons. The molecule has 1 amide bonds. The molecular weight excluding hydrogens is 228 g/mol. The Balaban J connectivity index is 2.35. The number of nitriles is 1. The quantitative estimate of drug-likeness (QED) is 0.756. The van der Waals surface area contributed by atoms with Crippen LogP contribution in [0.5, 0.6) is 0 Å². The van der Waals surface area contributed by atoms with E-state index in [4.69, 9.17) is 11.0 Å². The minimum atomic E-state index is -0.172. The van der Waals surface area contributed by atoms with Gasteiger partial charge in [-0.1, -0.05) is 6.92 Å². The van der Waals surface area contributed by atoms with Crippen LogP contribution in [0.1, 0.15) is 18.9 Å². The number of hydrogen-bond donors (Lipinski definition) is 2. The molecule has 1 aliphatic rings. The van der Waals surface area contributed by atoms with E-state index in [-0.39, 0.29) is 11.9 Å². The average molecular weight is 244 g/mol. The highest BCUT2D eigenvalue weighted by molar-refractivity contribution is 5.86. The van der Waals surface area contributed by atoms with E-state index in [0.717, 1.165) is 18.7 Å². The molecule has 1 unspecified atom stereocenters. The summed E-state index contributed by atoms with van der Waals surface area (Å²) in [5.41, 5.74) is 7.50. The van der Waals surface area contributed by atoms with Crippen molar-refractivity contribution >= 4 is 17.3 Å². The van der Waals surface area contributed by atoms with E-state index in [1.165, 1.54) is 0 Å². The van der Waals surface area contributed by atoms with Gasteiger partial charge in [-0.3, -0.25) is 4.79 Å². The number of nitrogens with one attached hydrogen (secondary N) is 1. The summed E-state index contributed by atoms with van der Waals surface area (Å²) in [5.74, 6) is 0.0408. The number of piperazine rings is 1. The standard InChI is InChI=1S/C13H16N4O/c1-2-12-13(18)16-5-6-17(12)10-3-4-11(15)9(7-10)8-14/h3-4,7,12H,2,5-6,15H2,1H3,(H,16,18). The van der Waals surface area contributed by atoms with Gasteiger partial charge in [0.2, 0.25) is 5.91 Å². The van der Waals surface area contributed by atoms with Crippen molar-refractivity contribution in [3.05, 3.63) is 23.8 Å². The van der Waals surface area contributed by atoms with E-state index in [2.05, 4.69) is 11.4 Å². The lowest BCUT2D eigenvalue weighted by Gasteiger charge is -2.36. The fourth-order valence-electron chi connectivity index (χ4n) is 2.25. The third-order valence-corrected chi connectivity index (χ3v) is 3.21. The molecule has 18 heavy (non-hydrogen) atoms. The number of nitrogens with two attached hydrogens (primary N) is 1. The fraction of sp³-hybridized carbons (Fsp3) is 0.385. The molecule has 1 atom stereocenters. The first kappa shape index (κ1) is 12.2. The summed E-state index contributed by atoms with van der Waals surface area (Å²) < 4.78 is 0. The van der Waals surface area contributed by atoms with E-state index < -0.39 is 0 Å². The van der Waals surface area contributed by atoms with E-state index in [9.17, 15) is 4.79 Å². The number of carbonyl (C=O) groups is 1. The molecule has 0 aliphatic carbocycles. The largest absolute Gasteiger partial charge is 0.398 e. The molecule has 5 nitrogen and oxygen atoms in total. The Hall–Kier alpha value is -2.22. The molecule has 1 aliphatic heterocycles. The van der Waals surface area contributed by atoms with Crippen molar-refractivity contribution in [2.24, 2.45) is 0 Å². The first-order valence-electron chi connectivity index (χ1n) is 6.01. The van der Waals surface area contributed by atoms with Crippen LogP contribution in [0.15, 0.2) is 18.2 Å². The van der Waals surface area contributed by atoms with Crippen LogP contribution in [0.25, 0.3) is 0 Å². The molecule has 5 heteroatoms. The zero-order chi connectivity index (χ0) is 13.1. The predicted octanol–water partition coefficient (Wildman–Crippen LogP) is 0.855. The van der Waals surface area contributed by atoms with E-state index in [1.54, 1.807) is 12.1 Å². The fourth-order valence-corrected chi connectivity index (χ4v) is 2.25. The van der Waals surface area contributed by atoms with Gasteiger partial charge in [0, 0.05) is 24.5 Å². The van der Waals surface area contributed by atoms with Gasteiger partial charge in [0.15, 0.2) is 0 Å². The molecule has 2 rings (SSSR count). The summed E-state index contributed by atoms with van der Waals surface area (Å²) in [6, 6.07) is 7.21. The van der Waals surface area contributed by atoms with Gasteiger partial charge in [0.25, 0.3) is 0 Å². The molecule has 0 bridgehead atoms. The third kappa shape index (κ3) is 2.09. The highest BCUT2D eigenvalue weighted by Crippen LogP contribution is 2.24. The van der Waals surface area contributed by atoms with Crippen molar-refractivity contribution in [3.8, 4) is 6.07 Å². The molecule has 0 aromatic heterocycles. The average Bonchev–Trinajstić information content (AvgIpc) is 2.39. The molecule has 1 aromatic carbocycles. The van der Waals surface area contributed by atoms with Crippen molar-refractivity contribution in [2.75, 3.05) is 23.7 Å². The van der Waals surface area contributed by atoms with Gasteiger partial charge in [0.05, 0.1) is 5.56 Å². The number of anilines is 2. The zero-order valence-corrected chi connectivity index (χ0v) is 10.3. The molecule has 1 fully saturated rings. The molecule has 0 spiro atoms. The second kappa shape index (κ2) is 4.96. The van der Waals surface area contributed by atoms with Crippen molar-refractivity contribution in [1.82, 2.24) is 5.32 Å². The lowest BCUT2D eigenvalue weighted by atomic mass is 10.1. The minimum Gasteiger partial charge on any atom is -0.398 e. The molecular formula is C13H16N4O. The van der Waals surface area contributed by atoms with Gasteiger partial charge >= 0.3 is 0 Å². The number of rotatable bonds is 2. The first-order valence-corrected chi connectivity index (χ1v) is 6.01. The predicted molar refractivity (Wildman–Crippen MR) is 70.0 cm³/mol. The number of benzene rings is 1. The van der Waals surface area contributed by atoms with E-state index >= 15 is 0 Å². The Bertz CT molecular complexity index is 506. The Morgan fingerprint density at radius 3 is 3.06 bits per heavy atom. The molecule has 1 saturated heterocycles. The first-order chi connectivity index (χ1) is 8.67. The maximum Gasteiger partial charge on any atom is 0.242 e. The van der Waals surface area contributed by atoms with Crippen LogP contribution in [0.2, 0.25) is 0 Å².